The fourth-order valence-corrected chi connectivity index (χ4v) is 4.72. The third-order valence-corrected chi connectivity index (χ3v) is 6.25. The Balaban J connectivity index is 1.44. The van der Waals surface area contributed by atoms with Gasteiger partial charge in [-0.15, -0.1) is 0 Å². The predicted octanol–water partition coefficient (Wildman–Crippen LogP) is 4.46. The minimum atomic E-state index is -0.0198. The molecule has 1 atom stereocenters. The molecule has 0 radical (unpaired) electrons. The van der Waals surface area contributed by atoms with Crippen LogP contribution in [0.4, 0.5) is 0 Å². The molecule has 6 heteroatoms. The Morgan fingerprint density at radius 3 is 2.82 bits per heavy atom. The number of carbonyl (C=O) groups is 1. The highest BCUT2D eigenvalue weighted by Crippen LogP contribution is 2.35. The summed E-state index contributed by atoms with van der Waals surface area (Å²) in [6, 6.07) is 14.0. The number of benzene rings is 2. The number of thioether (sulfide) groups is 1. The second-order valence-electron chi connectivity index (χ2n) is 6.93. The van der Waals surface area contributed by atoms with Gasteiger partial charge in [0.15, 0.2) is 0 Å². The maximum atomic E-state index is 12.8. The second kappa shape index (κ2) is 7.97. The molecule has 1 saturated heterocycles. The summed E-state index contributed by atoms with van der Waals surface area (Å²) in [5, 5.41) is 0. The molecule has 0 spiro atoms. The van der Waals surface area contributed by atoms with Crippen LogP contribution < -0.4 is 9.47 Å². The number of fused-ring (bicyclic) bond motifs is 1. The highest BCUT2D eigenvalue weighted by atomic mass is 32.2. The fourth-order valence-electron chi connectivity index (χ4n) is 3.41. The molecule has 1 amide bonds. The lowest BCUT2D eigenvalue weighted by atomic mass is 10.1. The quantitative estimate of drug-likeness (QED) is 0.536. The van der Waals surface area contributed by atoms with Crippen molar-refractivity contribution >= 4 is 40.3 Å². The van der Waals surface area contributed by atoms with E-state index in [1.54, 1.807) is 12.0 Å². The average Bonchev–Trinajstić information content (AvgIpc) is 3.19. The first kappa shape index (κ1) is 19.0. The molecule has 2 aliphatic heterocycles. The van der Waals surface area contributed by atoms with Gasteiger partial charge in [-0.05, 0) is 60.4 Å². The Morgan fingerprint density at radius 1 is 1.29 bits per heavy atom. The van der Waals surface area contributed by atoms with Gasteiger partial charge in [0.05, 0.1) is 12.0 Å². The van der Waals surface area contributed by atoms with Crippen LogP contribution in [0.2, 0.25) is 0 Å². The normalized spacial score (nSPS) is 19.9. The first-order valence-corrected chi connectivity index (χ1v) is 10.4. The molecule has 2 heterocycles. The van der Waals surface area contributed by atoms with Crippen LogP contribution in [0.1, 0.15) is 23.6 Å². The first-order chi connectivity index (χ1) is 13.5. The number of amides is 1. The number of hydrogen-bond donors (Lipinski definition) is 0. The number of thiocarbonyl (C=S) groups is 1. The van der Waals surface area contributed by atoms with Gasteiger partial charge in [0, 0.05) is 13.0 Å². The van der Waals surface area contributed by atoms with E-state index in [1.807, 2.05) is 42.5 Å². The van der Waals surface area contributed by atoms with Crippen molar-refractivity contribution < 1.29 is 14.3 Å². The minimum Gasteiger partial charge on any atom is -0.497 e. The van der Waals surface area contributed by atoms with E-state index in [4.69, 9.17) is 21.7 Å². The number of carbonyl (C=O) groups excluding carboxylic acids is 1. The van der Waals surface area contributed by atoms with Crippen molar-refractivity contribution in [3.8, 4) is 11.5 Å². The largest absolute Gasteiger partial charge is 0.497 e. The molecule has 4 rings (SSSR count). The van der Waals surface area contributed by atoms with E-state index in [1.165, 1.54) is 17.3 Å². The second-order valence-corrected chi connectivity index (χ2v) is 8.61. The first-order valence-electron chi connectivity index (χ1n) is 9.21. The van der Waals surface area contributed by atoms with Crippen LogP contribution in [0, 0.1) is 0 Å². The molecular weight excluding hydrogens is 390 g/mol. The summed E-state index contributed by atoms with van der Waals surface area (Å²) in [4.78, 5) is 15.2. The van der Waals surface area contributed by atoms with Gasteiger partial charge in [-0.1, -0.05) is 42.2 Å². The van der Waals surface area contributed by atoms with Gasteiger partial charge < -0.3 is 9.47 Å². The van der Waals surface area contributed by atoms with Crippen molar-refractivity contribution in [2.75, 3.05) is 13.7 Å². The lowest BCUT2D eigenvalue weighted by Crippen LogP contribution is -2.30. The molecule has 1 fully saturated rings. The lowest BCUT2D eigenvalue weighted by molar-refractivity contribution is -0.122. The number of nitrogens with zero attached hydrogens (tertiary/aromatic N) is 1. The lowest BCUT2D eigenvalue weighted by Gasteiger charge is -2.14. The van der Waals surface area contributed by atoms with Gasteiger partial charge in [0.1, 0.15) is 21.9 Å². The highest BCUT2D eigenvalue weighted by Gasteiger charge is 2.31. The summed E-state index contributed by atoms with van der Waals surface area (Å²) >= 11 is 6.82. The van der Waals surface area contributed by atoms with Crippen LogP contribution in [0.15, 0.2) is 47.4 Å². The van der Waals surface area contributed by atoms with E-state index in [9.17, 15) is 4.79 Å². The molecule has 2 aromatic carbocycles. The zero-order valence-electron chi connectivity index (χ0n) is 15.8. The van der Waals surface area contributed by atoms with Gasteiger partial charge in [-0.25, -0.2) is 0 Å². The van der Waals surface area contributed by atoms with Crippen molar-refractivity contribution in [2.45, 2.75) is 25.9 Å². The Labute approximate surface area is 174 Å². The van der Waals surface area contributed by atoms with Gasteiger partial charge in [-0.2, -0.15) is 0 Å². The number of rotatable bonds is 5. The van der Waals surface area contributed by atoms with Crippen molar-refractivity contribution in [1.29, 1.82) is 0 Å². The Bertz CT molecular complexity index is 953. The molecule has 0 N–H and O–H groups in total. The summed E-state index contributed by atoms with van der Waals surface area (Å²) < 4.78 is 11.5. The standard InChI is InChI=1S/C22H21NO3S2/c1-14-11-17-12-16(5-8-19(17)26-14)13-20-21(24)23(22(27)28-20)10-9-15-3-6-18(25-2)7-4-15/h3-8,12-14H,9-11H2,1-2H3/b20-13-/t14-/m1/s1. The smallest absolute Gasteiger partial charge is 0.266 e. The third kappa shape index (κ3) is 3.93. The van der Waals surface area contributed by atoms with E-state index >= 15 is 0 Å². The Morgan fingerprint density at radius 2 is 2.07 bits per heavy atom. The summed E-state index contributed by atoms with van der Waals surface area (Å²) in [7, 11) is 1.65. The predicted molar refractivity (Wildman–Crippen MR) is 117 cm³/mol. The SMILES string of the molecule is COc1ccc(CCN2C(=O)/C(=C/c3ccc4c(c3)C[C@@H](C)O4)SC2=S)cc1. The zero-order chi connectivity index (χ0) is 19.7. The molecule has 0 bridgehead atoms. The molecular formula is C22H21NO3S2. The number of ether oxygens (including phenoxy) is 2. The van der Waals surface area contributed by atoms with Gasteiger partial charge >= 0.3 is 0 Å². The number of methoxy groups -OCH3 is 1. The maximum Gasteiger partial charge on any atom is 0.266 e. The van der Waals surface area contributed by atoms with Crippen molar-refractivity contribution in [3.05, 3.63) is 64.1 Å². The van der Waals surface area contributed by atoms with Crippen LogP contribution in [-0.4, -0.2) is 34.9 Å². The van der Waals surface area contributed by atoms with E-state index in [0.29, 0.717) is 15.8 Å². The molecule has 0 aliphatic carbocycles. The zero-order valence-corrected chi connectivity index (χ0v) is 17.4. The molecule has 0 aromatic heterocycles. The maximum absolute atomic E-state index is 12.8. The van der Waals surface area contributed by atoms with Crippen LogP contribution in [-0.2, 0) is 17.6 Å². The molecule has 0 saturated carbocycles. The molecule has 0 unspecified atom stereocenters. The minimum absolute atomic E-state index is 0.0198. The molecule has 2 aromatic rings. The van der Waals surface area contributed by atoms with Gasteiger partial charge in [0.25, 0.3) is 5.91 Å². The van der Waals surface area contributed by atoms with Crippen LogP contribution in [0.5, 0.6) is 11.5 Å². The summed E-state index contributed by atoms with van der Waals surface area (Å²) in [6.45, 7) is 2.64. The number of hydrogen-bond acceptors (Lipinski definition) is 5. The summed E-state index contributed by atoms with van der Waals surface area (Å²) in [5.74, 6) is 1.75. The van der Waals surface area contributed by atoms with Gasteiger partial charge in [-0.3, -0.25) is 9.69 Å². The Kier molecular flexibility index (Phi) is 5.42. The average molecular weight is 412 g/mol. The van der Waals surface area contributed by atoms with Crippen molar-refractivity contribution in [2.24, 2.45) is 0 Å². The Hall–Kier alpha value is -2.31. The highest BCUT2D eigenvalue weighted by molar-refractivity contribution is 8.26. The topological polar surface area (TPSA) is 38.8 Å². The van der Waals surface area contributed by atoms with Crippen molar-refractivity contribution in [3.63, 3.8) is 0 Å². The molecule has 2 aliphatic rings. The molecule has 28 heavy (non-hydrogen) atoms. The fraction of sp³-hybridized carbons (Fsp3) is 0.273. The van der Waals surface area contributed by atoms with E-state index < -0.39 is 0 Å². The van der Waals surface area contributed by atoms with Crippen LogP contribution >= 0.6 is 24.0 Å². The third-order valence-electron chi connectivity index (χ3n) is 4.87. The van der Waals surface area contributed by atoms with E-state index in [0.717, 1.165) is 35.5 Å². The van der Waals surface area contributed by atoms with Crippen LogP contribution in [0.3, 0.4) is 0 Å². The molecule has 4 nitrogen and oxygen atoms in total. The van der Waals surface area contributed by atoms with Crippen LogP contribution in [0.25, 0.3) is 6.08 Å². The van der Waals surface area contributed by atoms with Gasteiger partial charge in [0.2, 0.25) is 0 Å². The summed E-state index contributed by atoms with van der Waals surface area (Å²) in [6.07, 6.45) is 3.79. The monoisotopic (exact) mass is 411 g/mol. The molecule has 144 valence electrons. The van der Waals surface area contributed by atoms with E-state index in [2.05, 4.69) is 13.0 Å². The van der Waals surface area contributed by atoms with Crippen molar-refractivity contribution in [1.82, 2.24) is 4.90 Å². The summed E-state index contributed by atoms with van der Waals surface area (Å²) in [5.41, 5.74) is 3.34. The van der Waals surface area contributed by atoms with E-state index in [-0.39, 0.29) is 12.0 Å².